The molecule has 0 atom stereocenters. The van der Waals surface area contributed by atoms with E-state index in [9.17, 15) is 0 Å². The van der Waals surface area contributed by atoms with Crippen molar-refractivity contribution in [3.63, 3.8) is 0 Å². The quantitative estimate of drug-likeness (QED) is 0.754. The van der Waals surface area contributed by atoms with Crippen LogP contribution in [0.4, 0.5) is 0 Å². The van der Waals surface area contributed by atoms with E-state index in [-0.39, 0.29) is 0 Å². The summed E-state index contributed by atoms with van der Waals surface area (Å²) in [7, 11) is 0. The van der Waals surface area contributed by atoms with E-state index < -0.39 is 0 Å². The Hall–Kier alpha value is -1.45. The van der Waals surface area contributed by atoms with E-state index in [4.69, 9.17) is 0 Å². The first kappa shape index (κ1) is 10.1. The third kappa shape index (κ3) is 1.71. The molecule has 0 aliphatic carbocycles. The fourth-order valence-electron chi connectivity index (χ4n) is 1.54. The van der Waals surface area contributed by atoms with Gasteiger partial charge in [-0.05, 0) is 11.8 Å². The van der Waals surface area contributed by atoms with E-state index in [2.05, 4.69) is 42.8 Å². The molecule has 0 spiro atoms. The Morgan fingerprint density at radius 2 is 1.87 bits per heavy atom. The van der Waals surface area contributed by atoms with Gasteiger partial charge < -0.3 is 0 Å². The van der Waals surface area contributed by atoms with Crippen molar-refractivity contribution in [2.24, 2.45) is 0 Å². The molecule has 4 heteroatoms. The predicted octanol–water partition coefficient (Wildman–Crippen LogP) is 2.37. The minimum atomic E-state index is 0.371. The second-order valence-electron chi connectivity index (χ2n) is 4.39. The van der Waals surface area contributed by atoms with Gasteiger partial charge in [0, 0.05) is 0 Å². The number of fused-ring (bicyclic) bond motifs is 1. The summed E-state index contributed by atoms with van der Waals surface area (Å²) in [5, 5.41) is 4.17. The molecule has 0 radical (unpaired) electrons. The minimum Gasteiger partial charge on any atom is -0.252 e. The number of aromatic nitrogens is 4. The molecule has 2 rings (SSSR count). The molecule has 0 unspecified atom stereocenters. The normalized spacial score (nSPS) is 11.9. The monoisotopic (exact) mass is 204 g/mol. The molecule has 0 saturated carbocycles. The Balaban J connectivity index is 2.69. The maximum atomic E-state index is 4.65. The highest BCUT2D eigenvalue weighted by molar-refractivity contribution is 5.44. The standard InChI is InChI=1S/C11H16N4/c1-7(2)9-5-15-11(12-6-13-15)10(14-9)8(3)4/h5-8H,1-4H3. The lowest BCUT2D eigenvalue weighted by Crippen LogP contribution is -2.05. The number of rotatable bonds is 2. The van der Waals surface area contributed by atoms with Crippen molar-refractivity contribution in [3.8, 4) is 0 Å². The Morgan fingerprint density at radius 3 is 2.47 bits per heavy atom. The second kappa shape index (κ2) is 3.61. The molecule has 4 nitrogen and oxygen atoms in total. The van der Waals surface area contributed by atoms with Gasteiger partial charge in [-0.1, -0.05) is 27.7 Å². The van der Waals surface area contributed by atoms with Gasteiger partial charge in [0.1, 0.15) is 6.33 Å². The summed E-state index contributed by atoms with van der Waals surface area (Å²) in [6.07, 6.45) is 3.53. The van der Waals surface area contributed by atoms with Gasteiger partial charge in [-0.3, -0.25) is 4.98 Å². The Labute approximate surface area is 89.4 Å². The van der Waals surface area contributed by atoms with Crippen LogP contribution in [0.5, 0.6) is 0 Å². The molecule has 0 saturated heterocycles. The molecule has 0 aromatic carbocycles. The van der Waals surface area contributed by atoms with Gasteiger partial charge in [0.05, 0.1) is 17.6 Å². The van der Waals surface area contributed by atoms with E-state index in [1.165, 1.54) is 0 Å². The average Bonchev–Trinajstić information content (AvgIpc) is 2.62. The van der Waals surface area contributed by atoms with Crippen molar-refractivity contribution in [1.82, 2.24) is 19.6 Å². The van der Waals surface area contributed by atoms with E-state index in [1.807, 2.05) is 10.7 Å². The predicted molar refractivity (Wildman–Crippen MR) is 59.0 cm³/mol. The Kier molecular flexibility index (Phi) is 2.42. The third-order valence-corrected chi connectivity index (χ3v) is 2.44. The van der Waals surface area contributed by atoms with Gasteiger partial charge >= 0.3 is 0 Å². The lowest BCUT2D eigenvalue weighted by molar-refractivity contribution is 0.740. The van der Waals surface area contributed by atoms with E-state index in [1.54, 1.807) is 6.33 Å². The van der Waals surface area contributed by atoms with Gasteiger partial charge in [-0.2, -0.15) is 5.10 Å². The number of nitrogens with zero attached hydrogens (tertiary/aromatic N) is 4. The van der Waals surface area contributed by atoms with Crippen LogP contribution in [0.1, 0.15) is 50.9 Å². The fraction of sp³-hybridized carbons (Fsp3) is 0.545. The average molecular weight is 204 g/mol. The summed E-state index contributed by atoms with van der Waals surface area (Å²) in [5.74, 6) is 0.784. The van der Waals surface area contributed by atoms with Crippen molar-refractivity contribution < 1.29 is 0 Å². The first-order chi connectivity index (χ1) is 7.09. The zero-order valence-corrected chi connectivity index (χ0v) is 9.60. The van der Waals surface area contributed by atoms with E-state index >= 15 is 0 Å². The van der Waals surface area contributed by atoms with Crippen LogP contribution in [0.15, 0.2) is 12.5 Å². The highest BCUT2D eigenvalue weighted by atomic mass is 15.3. The zero-order valence-electron chi connectivity index (χ0n) is 9.60. The van der Waals surface area contributed by atoms with Crippen LogP contribution in [0.25, 0.3) is 5.65 Å². The first-order valence-corrected chi connectivity index (χ1v) is 5.29. The van der Waals surface area contributed by atoms with Gasteiger partial charge in [-0.15, -0.1) is 0 Å². The molecule has 80 valence electrons. The lowest BCUT2D eigenvalue weighted by atomic mass is 10.1. The van der Waals surface area contributed by atoms with Crippen LogP contribution >= 0.6 is 0 Å². The van der Waals surface area contributed by atoms with Gasteiger partial charge in [0.2, 0.25) is 0 Å². The van der Waals surface area contributed by atoms with Gasteiger partial charge in [0.15, 0.2) is 5.65 Å². The van der Waals surface area contributed by atoms with Crippen molar-refractivity contribution in [2.45, 2.75) is 39.5 Å². The lowest BCUT2D eigenvalue weighted by Gasteiger charge is -2.10. The molecular weight excluding hydrogens is 188 g/mol. The molecule has 0 N–H and O–H groups in total. The van der Waals surface area contributed by atoms with E-state index in [0.717, 1.165) is 17.0 Å². The van der Waals surface area contributed by atoms with Crippen LogP contribution < -0.4 is 0 Å². The van der Waals surface area contributed by atoms with Crippen molar-refractivity contribution in [1.29, 1.82) is 0 Å². The molecule has 0 bridgehead atoms. The largest absolute Gasteiger partial charge is 0.252 e. The maximum Gasteiger partial charge on any atom is 0.177 e. The van der Waals surface area contributed by atoms with Crippen LogP contribution in [0, 0.1) is 0 Å². The van der Waals surface area contributed by atoms with Gasteiger partial charge in [-0.25, -0.2) is 9.50 Å². The van der Waals surface area contributed by atoms with E-state index in [0.29, 0.717) is 11.8 Å². The van der Waals surface area contributed by atoms with Crippen LogP contribution in [0.2, 0.25) is 0 Å². The molecule has 0 fully saturated rings. The molecular formula is C11H16N4. The number of hydrogen-bond acceptors (Lipinski definition) is 3. The number of hydrogen-bond donors (Lipinski definition) is 0. The van der Waals surface area contributed by atoms with Crippen LogP contribution in [-0.2, 0) is 0 Å². The molecule has 15 heavy (non-hydrogen) atoms. The van der Waals surface area contributed by atoms with Crippen molar-refractivity contribution in [2.75, 3.05) is 0 Å². The summed E-state index contributed by atoms with van der Waals surface area (Å²) in [5.41, 5.74) is 2.96. The minimum absolute atomic E-state index is 0.371. The fourth-order valence-corrected chi connectivity index (χ4v) is 1.54. The van der Waals surface area contributed by atoms with Crippen LogP contribution in [0.3, 0.4) is 0 Å². The smallest absolute Gasteiger partial charge is 0.177 e. The van der Waals surface area contributed by atoms with Crippen LogP contribution in [-0.4, -0.2) is 19.6 Å². The molecule has 0 aliphatic heterocycles. The molecule has 0 aliphatic rings. The molecule has 2 heterocycles. The SMILES string of the molecule is CC(C)c1cn2ncnc2c(C(C)C)n1. The summed E-state index contributed by atoms with van der Waals surface area (Å²) in [6, 6.07) is 0. The van der Waals surface area contributed by atoms with Crippen molar-refractivity contribution in [3.05, 3.63) is 23.9 Å². The summed E-state index contributed by atoms with van der Waals surface area (Å²) in [6.45, 7) is 8.52. The first-order valence-electron chi connectivity index (χ1n) is 5.29. The maximum absolute atomic E-state index is 4.65. The van der Waals surface area contributed by atoms with Gasteiger partial charge in [0.25, 0.3) is 0 Å². The summed E-state index contributed by atoms with van der Waals surface area (Å²) >= 11 is 0. The third-order valence-electron chi connectivity index (χ3n) is 2.44. The molecule has 0 amide bonds. The summed E-state index contributed by atoms with van der Waals surface area (Å²) < 4.78 is 1.82. The topological polar surface area (TPSA) is 43.1 Å². The zero-order chi connectivity index (χ0) is 11.0. The molecule has 2 aromatic rings. The Morgan fingerprint density at radius 1 is 1.13 bits per heavy atom. The highest BCUT2D eigenvalue weighted by Gasteiger charge is 2.12. The Bertz CT molecular complexity index is 470. The summed E-state index contributed by atoms with van der Waals surface area (Å²) in [4.78, 5) is 8.88. The molecule has 2 aromatic heterocycles. The second-order valence-corrected chi connectivity index (χ2v) is 4.39. The highest BCUT2D eigenvalue weighted by Crippen LogP contribution is 2.20. The van der Waals surface area contributed by atoms with Crippen molar-refractivity contribution >= 4 is 5.65 Å².